The Bertz CT molecular complexity index is 1500. The van der Waals surface area contributed by atoms with Gasteiger partial charge in [0.2, 0.25) is 0 Å². The van der Waals surface area contributed by atoms with Crippen molar-refractivity contribution in [3.63, 3.8) is 0 Å². The van der Waals surface area contributed by atoms with Crippen LogP contribution in [0.3, 0.4) is 0 Å². The molecule has 34 heavy (non-hydrogen) atoms. The van der Waals surface area contributed by atoms with Crippen LogP contribution in [0.1, 0.15) is 28.8 Å². The molecule has 2 aromatic heterocycles. The van der Waals surface area contributed by atoms with Crippen LogP contribution in [-0.4, -0.2) is 40.6 Å². The number of aryl methyl sites for hydroxylation is 1. The molecule has 1 N–H and O–H groups in total. The molecule has 2 aromatic carbocycles. The van der Waals surface area contributed by atoms with Gasteiger partial charge < -0.3 is 19.7 Å². The fourth-order valence-corrected chi connectivity index (χ4v) is 4.43. The van der Waals surface area contributed by atoms with E-state index in [1.807, 2.05) is 11.8 Å². The van der Waals surface area contributed by atoms with Gasteiger partial charge in [-0.1, -0.05) is 11.6 Å². The van der Waals surface area contributed by atoms with E-state index in [1.165, 1.54) is 7.11 Å². The average molecular weight is 481 g/mol. The Hall–Kier alpha value is -3.85. The minimum atomic E-state index is -0.673. The third-order valence-electron chi connectivity index (χ3n) is 6.01. The zero-order valence-electron chi connectivity index (χ0n) is 18.6. The highest BCUT2D eigenvalue weighted by Gasteiger charge is 2.25. The van der Waals surface area contributed by atoms with E-state index in [1.54, 1.807) is 41.2 Å². The SMILES string of the molecule is COc1c(Nc2ccc(Oc3ccnn4cc(C(=O)N5CCCC5)c(C)c34)cc2Cl)c(=O)c1=O. The van der Waals surface area contributed by atoms with Crippen LogP contribution in [0, 0.1) is 6.92 Å². The van der Waals surface area contributed by atoms with Crippen LogP contribution >= 0.6 is 11.6 Å². The number of anilines is 2. The fourth-order valence-electron chi connectivity index (χ4n) is 4.21. The van der Waals surface area contributed by atoms with Crippen LogP contribution in [0.2, 0.25) is 5.02 Å². The quantitative estimate of drug-likeness (QED) is 0.420. The van der Waals surface area contributed by atoms with E-state index in [4.69, 9.17) is 21.1 Å². The summed E-state index contributed by atoms with van der Waals surface area (Å²) in [4.78, 5) is 38.1. The standard InChI is InChI=1S/C24H21ClN4O5/c1-13-15(24(32)28-9-3-4-10-28)12-29-20(13)18(7-8-26-29)34-14-5-6-17(16(25)11-14)27-19-21(30)22(31)23(19)33-2/h5-8,11-12,27H,3-4,9-10H2,1-2H3. The first kappa shape index (κ1) is 22.0. The summed E-state index contributed by atoms with van der Waals surface area (Å²) < 4.78 is 12.7. The number of benzene rings is 1. The molecule has 3 heterocycles. The number of amides is 1. The minimum absolute atomic E-state index is 0.00122. The van der Waals surface area contributed by atoms with Crippen molar-refractivity contribution in [2.24, 2.45) is 0 Å². The molecule has 9 nitrogen and oxygen atoms in total. The highest BCUT2D eigenvalue weighted by Crippen LogP contribution is 2.35. The van der Waals surface area contributed by atoms with Crippen molar-refractivity contribution in [2.75, 3.05) is 25.5 Å². The average Bonchev–Trinajstić information content (AvgIpc) is 3.48. The van der Waals surface area contributed by atoms with Crippen LogP contribution in [-0.2, 0) is 0 Å². The van der Waals surface area contributed by atoms with Gasteiger partial charge in [0.1, 0.15) is 17.0 Å². The third-order valence-corrected chi connectivity index (χ3v) is 6.33. The molecule has 1 aliphatic heterocycles. The summed E-state index contributed by atoms with van der Waals surface area (Å²) in [6, 6.07) is 6.63. The van der Waals surface area contributed by atoms with E-state index in [-0.39, 0.29) is 22.4 Å². The summed E-state index contributed by atoms with van der Waals surface area (Å²) in [6.07, 6.45) is 5.37. The lowest BCUT2D eigenvalue weighted by Gasteiger charge is -2.15. The van der Waals surface area contributed by atoms with E-state index in [2.05, 4.69) is 10.4 Å². The molecular formula is C24H21ClN4O5. The minimum Gasteiger partial charge on any atom is -0.491 e. The first-order valence-electron chi connectivity index (χ1n) is 10.8. The maximum Gasteiger partial charge on any atom is 0.272 e. The summed E-state index contributed by atoms with van der Waals surface area (Å²) in [5, 5.41) is 7.46. The molecule has 1 aliphatic rings. The van der Waals surface area contributed by atoms with Crippen LogP contribution in [0.4, 0.5) is 11.4 Å². The Morgan fingerprint density at radius 3 is 2.62 bits per heavy atom. The number of likely N-dealkylation sites (tertiary alicyclic amines) is 1. The highest BCUT2D eigenvalue weighted by atomic mass is 35.5. The summed E-state index contributed by atoms with van der Waals surface area (Å²) in [5.74, 6) is 0.949. The van der Waals surface area contributed by atoms with Crippen molar-refractivity contribution in [1.82, 2.24) is 14.5 Å². The lowest BCUT2D eigenvalue weighted by atomic mass is 10.1. The van der Waals surface area contributed by atoms with E-state index in [0.29, 0.717) is 28.3 Å². The molecule has 0 spiro atoms. The molecular weight excluding hydrogens is 460 g/mol. The molecule has 0 bridgehead atoms. The molecule has 0 aliphatic carbocycles. The first-order valence-corrected chi connectivity index (χ1v) is 11.1. The number of aromatic nitrogens is 2. The molecule has 1 fully saturated rings. The monoisotopic (exact) mass is 480 g/mol. The van der Waals surface area contributed by atoms with Gasteiger partial charge in [0.05, 0.1) is 29.6 Å². The number of fused-ring (bicyclic) bond motifs is 1. The van der Waals surface area contributed by atoms with Gasteiger partial charge in [-0.3, -0.25) is 14.4 Å². The van der Waals surface area contributed by atoms with Crippen molar-refractivity contribution in [1.29, 1.82) is 0 Å². The third kappa shape index (κ3) is 3.58. The molecule has 0 unspecified atom stereocenters. The predicted octanol–water partition coefficient (Wildman–Crippen LogP) is 3.67. The van der Waals surface area contributed by atoms with Crippen LogP contribution in [0.25, 0.3) is 5.52 Å². The van der Waals surface area contributed by atoms with E-state index in [9.17, 15) is 14.4 Å². The lowest BCUT2D eigenvalue weighted by Crippen LogP contribution is -2.34. The molecule has 0 saturated carbocycles. The molecule has 1 saturated heterocycles. The van der Waals surface area contributed by atoms with Crippen molar-refractivity contribution in [2.45, 2.75) is 19.8 Å². The van der Waals surface area contributed by atoms with Crippen LogP contribution in [0.5, 0.6) is 17.2 Å². The van der Waals surface area contributed by atoms with Gasteiger partial charge >= 0.3 is 0 Å². The molecule has 1 amide bonds. The molecule has 0 atom stereocenters. The maximum atomic E-state index is 13.0. The first-order chi connectivity index (χ1) is 16.4. The number of carbonyl (C=O) groups is 1. The Kier molecular flexibility index (Phi) is 5.49. The Morgan fingerprint density at radius 2 is 1.91 bits per heavy atom. The van der Waals surface area contributed by atoms with Gasteiger partial charge in [0, 0.05) is 31.4 Å². The maximum absolute atomic E-state index is 13.0. The topological polar surface area (TPSA) is 102 Å². The van der Waals surface area contributed by atoms with Crippen LogP contribution in [0.15, 0.2) is 46.2 Å². The number of rotatable bonds is 6. The zero-order chi connectivity index (χ0) is 24.0. The highest BCUT2D eigenvalue weighted by molar-refractivity contribution is 6.33. The van der Waals surface area contributed by atoms with E-state index in [0.717, 1.165) is 31.5 Å². The fraction of sp³-hybridized carbons (Fsp3) is 0.250. The van der Waals surface area contributed by atoms with Crippen molar-refractivity contribution in [3.05, 3.63) is 73.3 Å². The summed E-state index contributed by atoms with van der Waals surface area (Å²) in [5.41, 5.74) is 1.25. The van der Waals surface area contributed by atoms with E-state index >= 15 is 0 Å². The summed E-state index contributed by atoms with van der Waals surface area (Å²) in [6.45, 7) is 3.41. The zero-order valence-corrected chi connectivity index (χ0v) is 19.3. The Labute approximate surface area is 199 Å². The van der Waals surface area contributed by atoms with Gasteiger partial charge in [-0.05, 0) is 37.5 Å². The van der Waals surface area contributed by atoms with Gasteiger partial charge in [-0.25, -0.2) is 4.52 Å². The molecule has 10 heteroatoms. The van der Waals surface area contributed by atoms with Crippen molar-refractivity contribution < 1.29 is 14.3 Å². The van der Waals surface area contributed by atoms with Gasteiger partial charge in [-0.15, -0.1) is 0 Å². The number of methoxy groups -OCH3 is 1. The Morgan fingerprint density at radius 1 is 1.15 bits per heavy atom. The van der Waals surface area contributed by atoms with Crippen LogP contribution < -0.4 is 25.6 Å². The lowest BCUT2D eigenvalue weighted by molar-refractivity contribution is 0.0792. The number of ether oxygens (including phenoxy) is 2. The second-order valence-electron chi connectivity index (χ2n) is 8.09. The molecule has 4 aromatic rings. The number of carbonyl (C=O) groups excluding carboxylic acids is 1. The normalized spacial score (nSPS) is 13.6. The summed E-state index contributed by atoms with van der Waals surface area (Å²) in [7, 11) is 1.32. The Balaban J connectivity index is 1.42. The van der Waals surface area contributed by atoms with Gasteiger partial charge in [0.15, 0.2) is 11.5 Å². The number of halogens is 1. The number of nitrogens with zero attached hydrogens (tertiary/aromatic N) is 3. The summed E-state index contributed by atoms with van der Waals surface area (Å²) >= 11 is 6.39. The van der Waals surface area contributed by atoms with Crippen molar-refractivity contribution >= 4 is 34.4 Å². The van der Waals surface area contributed by atoms with Crippen molar-refractivity contribution in [3.8, 4) is 17.2 Å². The van der Waals surface area contributed by atoms with Gasteiger partial charge in [0.25, 0.3) is 16.8 Å². The van der Waals surface area contributed by atoms with Gasteiger partial charge in [-0.2, -0.15) is 5.10 Å². The second-order valence-corrected chi connectivity index (χ2v) is 8.50. The molecule has 5 rings (SSSR count). The second kappa shape index (κ2) is 8.49. The van der Waals surface area contributed by atoms with E-state index < -0.39 is 10.9 Å². The largest absolute Gasteiger partial charge is 0.491 e. The number of hydrogen-bond acceptors (Lipinski definition) is 7. The predicted molar refractivity (Wildman–Crippen MR) is 128 cm³/mol. The molecule has 0 radical (unpaired) electrons. The number of nitrogens with one attached hydrogen (secondary N) is 1. The smallest absolute Gasteiger partial charge is 0.272 e. The number of hydrogen-bond donors (Lipinski definition) is 1. The molecule has 174 valence electrons.